The molecular weight excluding hydrogens is 248 g/mol. The summed E-state index contributed by atoms with van der Waals surface area (Å²) in [5.41, 5.74) is 1.27. The molecular formula is C17H28N2O. The van der Waals surface area contributed by atoms with Crippen LogP contribution >= 0.6 is 0 Å². The maximum Gasteiger partial charge on any atom is 0.123 e. The number of hydrogen-bond donors (Lipinski definition) is 1. The van der Waals surface area contributed by atoms with Gasteiger partial charge in [-0.05, 0) is 51.9 Å². The van der Waals surface area contributed by atoms with Gasteiger partial charge in [-0.2, -0.15) is 0 Å². The molecule has 0 aromatic heterocycles. The molecule has 1 aromatic rings. The van der Waals surface area contributed by atoms with Gasteiger partial charge in [-0.15, -0.1) is 0 Å². The minimum atomic E-state index is 0.753. The summed E-state index contributed by atoms with van der Waals surface area (Å²) >= 11 is 0. The molecule has 1 N–H and O–H groups in total. The van der Waals surface area contributed by atoms with Gasteiger partial charge in [0.2, 0.25) is 0 Å². The average molecular weight is 276 g/mol. The van der Waals surface area contributed by atoms with Crippen LogP contribution in [0.4, 0.5) is 0 Å². The van der Waals surface area contributed by atoms with E-state index in [9.17, 15) is 0 Å². The lowest BCUT2D eigenvalue weighted by Crippen LogP contribution is -2.34. The van der Waals surface area contributed by atoms with Gasteiger partial charge in [0.1, 0.15) is 5.75 Å². The Labute approximate surface area is 123 Å². The van der Waals surface area contributed by atoms with Crippen molar-refractivity contribution in [3.8, 4) is 5.75 Å². The van der Waals surface area contributed by atoms with Crippen LogP contribution in [0.1, 0.15) is 37.7 Å². The lowest BCUT2D eigenvalue weighted by atomic mass is 10.0. The molecule has 0 saturated carbocycles. The van der Waals surface area contributed by atoms with Crippen LogP contribution in [0.25, 0.3) is 0 Å². The molecule has 20 heavy (non-hydrogen) atoms. The zero-order chi connectivity index (χ0) is 14.2. The second-order valence-electron chi connectivity index (χ2n) is 5.84. The third kappa shape index (κ3) is 4.80. The van der Waals surface area contributed by atoms with Gasteiger partial charge in [-0.25, -0.2) is 0 Å². The largest absolute Gasteiger partial charge is 0.496 e. The number of nitrogens with one attached hydrogen (secondary N) is 1. The van der Waals surface area contributed by atoms with Crippen molar-refractivity contribution in [3.05, 3.63) is 29.8 Å². The van der Waals surface area contributed by atoms with Crippen molar-refractivity contribution < 1.29 is 4.74 Å². The fourth-order valence-corrected chi connectivity index (χ4v) is 2.98. The van der Waals surface area contributed by atoms with E-state index < -0.39 is 0 Å². The van der Waals surface area contributed by atoms with Crippen molar-refractivity contribution in [2.24, 2.45) is 0 Å². The Morgan fingerprint density at radius 2 is 2.15 bits per heavy atom. The van der Waals surface area contributed by atoms with Crippen LogP contribution in [-0.4, -0.2) is 38.2 Å². The van der Waals surface area contributed by atoms with Crippen molar-refractivity contribution in [2.75, 3.05) is 27.2 Å². The molecule has 1 aromatic carbocycles. The minimum Gasteiger partial charge on any atom is -0.496 e. The lowest BCUT2D eigenvalue weighted by molar-refractivity contribution is 0.292. The quantitative estimate of drug-likeness (QED) is 0.828. The van der Waals surface area contributed by atoms with Crippen molar-refractivity contribution in [1.29, 1.82) is 0 Å². The third-order valence-electron chi connectivity index (χ3n) is 4.14. The predicted octanol–water partition coefficient (Wildman–Crippen LogP) is 3.05. The van der Waals surface area contributed by atoms with Crippen molar-refractivity contribution >= 4 is 0 Å². The first-order valence-corrected chi connectivity index (χ1v) is 7.83. The molecule has 1 fully saturated rings. The van der Waals surface area contributed by atoms with Gasteiger partial charge >= 0.3 is 0 Å². The average Bonchev–Trinajstić information content (AvgIpc) is 2.49. The van der Waals surface area contributed by atoms with Crippen LogP contribution in [0.3, 0.4) is 0 Å². The molecule has 3 nitrogen and oxygen atoms in total. The number of methoxy groups -OCH3 is 1. The summed E-state index contributed by atoms with van der Waals surface area (Å²) in [6, 6.07) is 9.05. The Balaban J connectivity index is 1.70. The molecule has 1 atom stereocenters. The van der Waals surface area contributed by atoms with E-state index in [-0.39, 0.29) is 0 Å². The molecule has 0 spiro atoms. The van der Waals surface area contributed by atoms with Crippen molar-refractivity contribution in [2.45, 2.75) is 44.7 Å². The molecule has 0 amide bonds. The summed E-state index contributed by atoms with van der Waals surface area (Å²) in [4.78, 5) is 2.39. The van der Waals surface area contributed by atoms with Crippen molar-refractivity contribution in [1.82, 2.24) is 10.2 Å². The van der Waals surface area contributed by atoms with Gasteiger partial charge < -0.3 is 15.0 Å². The Morgan fingerprint density at radius 1 is 1.30 bits per heavy atom. The molecule has 1 aliphatic heterocycles. The summed E-state index contributed by atoms with van der Waals surface area (Å²) in [7, 11) is 3.94. The van der Waals surface area contributed by atoms with Gasteiger partial charge in [-0.3, -0.25) is 0 Å². The Hall–Kier alpha value is -1.06. The number of benzene rings is 1. The number of hydrogen-bond acceptors (Lipinski definition) is 3. The van der Waals surface area contributed by atoms with Crippen LogP contribution in [0.15, 0.2) is 24.3 Å². The Bertz CT molecular complexity index is 388. The standard InChI is InChI=1S/C17H28N2O/c1-19(13-7-10-16-9-5-6-12-18-16)14-15-8-3-4-11-17(15)20-2/h3-4,8,11,16,18H,5-7,9-10,12-14H2,1-2H3. The van der Waals surface area contributed by atoms with Gasteiger partial charge in [0, 0.05) is 18.2 Å². The smallest absolute Gasteiger partial charge is 0.123 e. The molecule has 1 saturated heterocycles. The maximum absolute atomic E-state index is 5.41. The van der Waals surface area contributed by atoms with E-state index in [1.165, 1.54) is 44.2 Å². The van der Waals surface area contributed by atoms with E-state index in [4.69, 9.17) is 4.74 Å². The zero-order valence-corrected chi connectivity index (χ0v) is 12.9. The van der Waals surface area contributed by atoms with E-state index in [1.807, 2.05) is 12.1 Å². The van der Waals surface area contributed by atoms with Gasteiger partial charge in [-0.1, -0.05) is 24.6 Å². The highest BCUT2D eigenvalue weighted by molar-refractivity contribution is 5.32. The monoisotopic (exact) mass is 276 g/mol. The highest BCUT2D eigenvalue weighted by Crippen LogP contribution is 2.19. The first-order valence-electron chi connectivity index (χ1n) is 7.83. The van der Waals surface area contributed by atoms with Crippen molar-refractivity contribution in [3.63, 3.8) is 0 Å². The van der Waals surface area contributed by atoms with E-state index >= 15 is 0 Å². The van der Waals surface area contributed by atoms with E-state index in [0.717, 1.165) is 24.9 Å². The molecule has 0 radical (unpaired) electrons. The summed E-state index contributed by atoms with van der Waals surface area (Å²) < 4.78 is 5.41. The molecule has 3 heteroatoms. The number of piperidine rings is 1. The van der Waals surface area contributed by atoms with Crippen LogP contribution in [-0.2, 0) is 6.54 Å². The summed E-state index contributed by atoms with van der Waals surface area (Å²) in [6.45, 7) is 3.32. The van der Waals surface area contributed by atoms with Gasteiger partial charge in [0.25, 0.3) is 0 Å². The normalized spacial score (nSPS) is 19.2. The second-order valence-corrected chi connectivity index (χ2v) is 5.84. The van der Waals surface area contributed by atoms with Crippen LogP contribution in [0, 0.1) is 0 Å². The van der Waals surface area contributed by atoms with E-state index in [1.54, 1.807) is 7.11 Å². The fraction of sp³-hybridized carbons (Fsp3) is 0.647. The van der Waals surface area contributed by atoms with Crippen LogP contribution in [0.2, 0.25) is 0 Å². The zero-order valence-electron chi connectivity index (χ0n) is 12.9. The highest BCUT2D eigenvalue weighted by Gasteiger charge is 2.12. The molecule has 0 aliphatic carbocycles. The predicted molar refractivity (Wildman–Crippen MR) is 84.2 cm³/mol. The highest BCUT2D eigenvalue weighted by atomic mass is 16.5. The summed E-state index contributed by atoms with van der Waals surface area (Å²) in [6.07, 6.45) is 6.68. The molecule has 2 rings (SSSR count). The topological polar surface area (TPSA) is 24.5 Å². The molecule has 0 bridgehead atoms. The van der Waals surface area contributed by atoms with Crippen LogP contribution < -0.4 is 10.1 Å². The van der Waals surface area contributed by atoms with Crippen LogP contribution in [0.5, 0.6) is 5.75 Å². The maximum atomic E-state index is 5.41. The summed E-state index contributed by atoms with van der Waals surface area (Å²) in [5.74, 6) is 0.994. The van der Waals surface area contributed by atoms with Gasteiger partial charge in [0.15, 0.2) is 0 Å². The molecule has 1 aliphatic rings. The van der Waals surface area contributed by atoms with Gasteiger partial charge in [0.05, 0.1) is 7.11 Å². The van der Waals surface area contributed by atoms with E-state index in [2.05, 4.69) is 29.4 Å². The fourth-order valence-electron chi connectivity index (χ4n) is 2.98. The lowest BCUT2D eigenvalue weighted by Gasteiger charge is -2.24. The Kier molecular flexibility index (Phi) is 6.34. The number of para-hydroxylation sites is 1. The number of ether oxygens (including phenoxy) is 1. The first-order chi connectivity index (χ1) is 9.79. The number of rotatable bonds is 7. The summed E-state index contributed by atoms with van der Waals surface area (Å²) in [5, 5.41) is 3.62. The Morgan fingerprint density at radius 3 is 2.90 bits per heavy atom. The second kappa shape index (κ2) is 8.28. The van der Waals surface area contributed by atoms with E-state index in [0.29, 0.717) is 0 Å². The number of nitrogens with zero attached hydrogens (tertiary/aromatic N) is 1. The molecule has 1 unspecified atom stereocenters. The molecule has 112 valence electrons. The molecule has 1 heterocycles. The first kappa shape index (κ1) is 15.3. The SMILES string of the molecule is COc1ccccc1CN(C)CCCC1CCCCN1. The third-order valence-corrected chi connectivity index (χ3v) is 4.14. The minimum absolute atomic E-state index is 0.753.